The Labute approximate surface area is 73.9 Å². The quantitative estimate of drug-likeness (QED) is 0.722. The number of hydrogen-bond donors (Lipinski definition) is 1. The Hall–Kier alpha value is -1.42. The number of nitrogen functional groups attached to an aromatic ring is 1. The van der Waals surface area contributed by atoms with Crippen molar-refractivity contribution in [3.8, 4) is 10.6 Å². The van der Waals surface area contributed by atoms with Crippen LogP contribution in [0.2, 0.25) is 0 Å². The molecule has 2 N–H and O–H groups in total. The minimum Gasteiger partial charge on any atom is -0.384 e. The van der Waals surface area contributed by atoms with Gasteiger partial charge in [0.2, 0.25) is 0 Å². The van der Waals surface area contributed by atoms with Crippen LogP contribution in [0.1, 0.15) is 0 Å². The third kappa shape index (κ3) is 1.29. The zero-order valence-electron chi connectivity index (χ0n) is 6.27. The maximum absolute atomic E-state index is 5.52. The van der Waals surface area contributed by atoms with E-state index < -0.39 is 0 Å². The van der Waals surface area contributed by atoms with Gasteiger partial charge in [0.25, 0.3) is 0 Å². The molecule has 2 aromatic heterocycles. The molecule has 0 saturated heterocycles. The molecule has 0 radical (unpaired) electrons. The van der Waals surface area contributed by atoms with Gasteiger partial charge in [-0.15, -0.1) is 11.3 Å². The highest BCUT2D eigenvalue weighted by Gasteiger charge is 1.99. The first-order chi connectivity index (χ1) is 5.86. The summed E-state index contributed by atoms with van der Waals surface area (Å²) in [7, 11) is 0. The number of aromatic nitrogens is 2. The van der Waals surface area contributed by atoms with Gasteiger partial charge in [0.05, 0.1) is 10.6 Å². The SMILES string of the molecule is Nc1cc(-c2cccs2)ncn1. The van der Waals surface area contributed by atoms with Gasteiger partial charge in [0, 0.05) is 6.07 Å². The first-order valence-electron chi connectivity index (χ1n) is 3.47. The summed E-state index contributed by atoms with van der Waals surface area (Å²) in [6, 6.07) is 5.76. The summed E-state index contributed by atoms with van der Waals surface area (Å²) in [6.07, 6.45) is 1.48. The van der Waals surface area contributed by atoms with E-state index in [1.165, 1.54) is 6.33 Å². The molecule has 2 heterocycles. The van der Waals surface area contributed by atoms with Crippen LogP contribution in [0.15, 0.2) is 29.9 Å². The van der Waals surface area contributed by atoms with Crippen LogP contribution in [0.4, 0.5) is 5.82 Å². The highest BCUT2D eigenvalue weighted by atomic mass is 32.1. The number of nitrogens with two attached hydrogens (primary N) is 1. The Kier molecular flexibility index (Phi) is 1.75. The van der Waals surface area contributed by atoms with Crippen molar-refractivity contribution in [2.24, 2.45) is 0 Å². The molecule has 2 rings (SSSR count). The molecule has 60 valence electrons. The van der Waals surface area contributed by atoms with Crippen molar-refractivity contribution in [3.05, 3.63) is 29.9 Å². The van der Waals surface area contributed by atoms with E-state index in [1.807, 2.05) is 17.5 Å². The van der Waals surface area contributed by atoms with Crippen LogP contribution < -0.4 is 5.73 Å². The Balaban J connectivity index is 2.48. The molecule has 3 nitrogen and oxygen atoms in total. The van der Waals surface area contributed by atoms with Crippen LogP contribution in [0.25, 0.3) is 10.6 Å². The summed E-state index contributed by atoms with van der Waals surface area (Å²) >= 11 is 1.64. The molecule has 0 fully saturated rings. The highest BCUT2D eigenvalue weighted by molar-refractivity contribution is 7.13. The largest absolute Gasteiger partial charge is 0.384 e. The van der Waals surface area contributed by atoms with Crippen molar-refractivity contribution in [1.29, 1.82) is 0 Å². The number of rotatable bonds is 1. The summed E-state index contributed by atoms with van der Waals surface area (Å²) in [4.78, 5) is 9.04. The van der Waals surface area contributed by atoms with Crippen molar-refractivity contribution in [2.75, 3.05) is 5.73 Å². The van der Waals surface area contributed by atoms with E-state index in [0.717, 1.165) is 10.6 Å². The second kappa shape index (κ2) is 2.91. The van der Waals surface area contributed by atoms with Crippen molar-refractivity contribution >= 4 is 17.2 Å². The van der Waals surface area contributed by atoms with E-state index in [1.54, 1.807) is 17.4 Å². The van der Waals surface area contributed by atoms with E-state index in [9.17, 15) is 0 Å². The van der Waals surface area contributed by atoms with Crippen LogP contribution >= 0.6 is 11.3 Å². The highest BCUT2D eigenvalue weighted by Crippen LogP contribution is 2.22. The first-order valence-corrected chi connectivity index (χ1v) is 4.35. The van der Waals surface area contributed by atoms with Gasteiger partial charge in [0.1, 0.15) is 12.1 Å². The van der Waals surface area contributed by atoms with Gasteiger partial charge in [-0.25, -0.2) is 9.97 Å². The average Bonchev–Trinajstić information content (AvgIpc) is 2.56. The third-order valence-electron chi connectivity index (χ3n) is 1.46. The van der Waals surface area contributed by atoms with Crippen molar-refractivity contribution in [1.82, 2.24) is 9.97 Å². The maximum Gasteiger partial charge on any atom is 0.127 e. The minimum atomic E-state index is 0.508. The van der Waals surface area contributed by atoms with Gasteiger partial charge in [-0.05, 0) is 11.4 Å². The van der Waals surface area contributed by atoms with E-state index in [-0.39, 0.29) is 0 Å². The fourth-order valence-corrected chi connectivity index (χ4v) is 1.62. The third-order valence-corrected chi connectivity index (χ3v) is 2.35. The van der Waals surface area contributed by atoms with Gasteiger partial charge in [0.15, 0.2) is 0 Å². The van der Waals surface area contributed by atoms with Crippen LogP contribution in [-0.2, 0) is 0 Å². The van der Waals surface area contributed by atoms with Gasteiger partial charge in [-0.1, -0.05) is 6.07 Å². The minimum absolute atomic E-state index is 0.508. The van der Waals surface area contributed by atoms with Crippen LogP contribution in [0, 0.1) is 0 Å². The lowest BCUT2D eigenvalue weighted by molar-refractivity contribution is 1.19. The lowest BCUT2D eigenvalue weighted by Gasteiger charge is -1.95. The maximum atomic E-state index is 5.52. The van der Waals surface area contributed by atoms with Crippen molar-refractivity contribution in [2.45, 2.75) is 0 Å². The number of thiophene rings is 1. The summed E-state index contributed by atoms with van der Waals surface area (Å²) in [5.41, 5.74) is 6.40. The second-order valence-electron chi connectivity index (χ2n) is 2.31. The lowest BCUT2D eigenvalue weighted by Crippen LogP contribution is -1.91. The summed E-state index contributed by atoms with van der Waals surface area (Å²) < 4.78 is 0. The van der Waals surface area contributed by atoms with Crippen LogP contribution in [0.5, 0.6) is 0 Å². The molecule has 0 unspecified atom stereocenters. The molecule has 0 aliphatic heterocycles. The molecule has 0 aliphatic carbocycles. The molecule has 12 heavy (non-hydrogen) atoms. The number of anilines is 1. The lowest BCUT2D eigenvalue weighted by atomic mass is 10.3. The number of nitrogens with zero attached hydrogens (tertiary/aromatic N) is 2. The molecule has 0 aliphatic rings. The zero-order valence-corrected chi connectivity index (χ0v) is 7.08. The summed E-state index contributed by atoms with van der Waals surface area (Å²) in [5, 5.41) is 2.01. The predicted octanol–water partition coefficient (Wildman–Crippen LogP) is 1.79. The average molecular weight is 177 g/mol. The fraction of sp³-hybridized carbons (Fsp3) is 0. The topological polar surface area (TPSA) is 51.8 Å². The Morgan fingerprint density at radius 3 is 2.92 bits per heavy atom. The molecule has 4 heteroatoms. The van der Waals surface area contributed by atoms with Gasteiger partial charge < -0.3 is 5.73 Å². The standard InChI is InChI=1S/C8H7N3S/c9-8-4-6(10-5-11-8)7-2-1-3-12-7/h1-5H,(H2,9,10,11). The predicted molar refractivity (Wildman–Crippen MR) is 49.8 cm³/mol. The fourth-order valence-electron chi connectivity index (χ4n) is 0.931. The Morgan fingerprint density at radius 1 is 1.33 bits per heavy atom. The monoisotopic (exact) mass is 177 g/mol. The van der Waals surface area contributed by atoms with E-state index in [0.29, 0.717) is 5.82 Å². The molecule has 0 aromatic carbocycles. The molecular formula is C8H7N3S. The van der Waals surface area contributed by atoms with E-state index in [4.69, 9.17) is 5.73 Å². The Morgan fingerprint density at radius 2 is 2.25 bits per heavy atom. The van der Waals surface area contributed by atoms with E-state index in [2.05, 4.69) is 9.97 Å². The van der Waals surface area contributed by atoms with Gasteiger partial charge >= 0.3 is 0 Å². The van der Waals surface area contributed by atoms with Gasteiger partial charge in [-0.2, -0.15) is 0 Å². The van der Waals surface area contributed by atoms with Crippen LogP contribution in [-0.4, -0.2) is 9.97 Å². The molecule has 2 aromatic rings. The molecule has 0 saturated carbocycles. The first kappa shape index (κ1) is 7.24. The van der Waals surface area contributed by atoms with E-state index >= 15 is 0 Å². The smallest absolute Gasteiger partial charge is 0.127 e. The molecule has 0 spiro atoms. The molecule has 0 amide bonds. The van der Waals surface area contributed by atoms with Crippen molar-refractivity contribution in [3.63, 3.8) is 0 Å². The molecule has 0 bridgehead atoms. The van der Waals surface area contributed by atoms with Crippen molar-refractivity contribution < 1.29 is 0 Å². The van der Waals surface area contributed by atoms with Crippen LogP contribution in [0.3, 0.4) is 0 Å². The second-order valence-corrected chi connectivity index (χ2v) is 3.25. The Bertz CT molecular complexity index is 370. The number of hydrogen-bond acceptors (Lipinski definition) is 4. The summed E-state index contributed by atoms with van der Waals surface area (Å²) in [5.74, 6) is 0.508. The normalized spacial score (nSPS) is 10.0. The summed E-state index contributed by atoms with van der Waals surface area (Å²) in [6.45, 7) is 0. The zero-order chi connectivity index (χ0) is 8.39. The molecular weight excluding hydrogens is 170 g/mol. The molecule has 0 atom stereocenters. The van der Waals surface area contributed by atoms with Gasteiger partial charge in [-0.3, -0.25) is 0 Å².